The number of fused-ring (bicyclic) bond motifs is 4. The van der Waals surface area contributed by atoms with Gasteiger partial charge in [-0.3, -0.25) is 0 Å². The third kappa shape index (κ3) is 3.16. The second-order valence-electron chi connectivity index (χ2n) is 9.86. The van der Waals surface area contributed by atoms with Crippen molar-refractivity contribution < 1.29 is 4.74 Å². The molecule has 4 aromatic carbocycles. The number of rotatable bonds is 1. The number of ether oxygens (including phenoxy) is 1. The molecule has 2 aliphatic heterocycles. The van der Waals surface area contributed by atoms with Crippen molar-refractivity contribution in [1.29, 1.82) is 21.0 Å². The first-order chi connectivity index (χ1) is 18.4. The maximum absolute atomic E-state index is 10.3. The molecule has 0 saturated carbocycles. The largest absolute Gasteiger partial charge is 0.458 e. The van der Waals surface area contributed by atoms with Gasteiger partial charge in [-0.1, -0.05) is 49.5 Å². The summed E-state index contributed by atoms with van der Waals surface area (Å²) in [5, 5.41) is 42.1. The van der Waals surface area contributed by atoms with Crippen LogP contribution < -0.4 is 30.8 Å². The van der Waals surface area contributed by atoms with Gasteiger partial charge in [-0.25, -0.2) is 0 Å². The second-order valence-corrected chi connectivity index (χ2v) is 14.2. The van der Waals surface area contributed by atoms with Crippen LogP contribution in [-0.4, -0.2) is 14.9 Å². The average molecular weight is 503 g/mol. The minimum absolute atomic E-state index is 0.375. The quantitative estimate of drug-likeness (QED) is 0.369. The van der Waals surface area contributed by atoms with Crippen LogP contribution in [0.25, 0.3) is 0 Å². The lowest BCUT2D eigenvalue weighted by atomic mass is 9.47. The predicted molar refractivity (Wildman–Crippen MR) is 149 cm³/mol. The lowest BCUT2D eigenvalue weighted by Gasteiger charge is -2.46. The molecule has 0 aliphatic carbocycles. The number of anilines is 2. The number of nitrogens with zero attached hydrogens (tertiary/aromatic N) is 5. The van der Waals surface area contributed by atoms with E-state index in [1.54, 1.807) is 12.1 Å². The van der Waals surface area contributed by atoms with Gasteiger partial charge in [-0.2, -0.15) is 21.0 Å². The van der Waals surface area contributed by atoms with Gasteiger partial charge in [0.05, 0.1) is 34.4 Å². The molecule has 0 amide bonds. The Hall–Kier alpha value is -5.28. The fourth-order valence-corrected chi connectivity index (χ4v) is 8.74. The molecule has 0 unspecified atom stereocenters. The Morgan fingerprint density at radius 3 is 1.53 bits per heavy atom. The van der Waals surface area contributed by atoms with Crippen LogP contribution >= 0.6 is 0 Å². The van der Waals surface area contributed by atoms with Gasteiger partial charge in [-0.15, -0.1) is 0 Å². The number of benzene rings is 4. The smallest absolute Gasteiger partial charge is 0.335 e. The van der Waals surface area contributed by atoms with Gasteiger partial charge in [0.15, 0.2) is 0 Å². The first-order valence-corrected chi connectivity index (χ1v) is 15.0. The fraction of sp³-hybridized carbons (Fsp3) is 0.0667. The van der Waals surface area contributed by atoms with Crippen molar-refractivity contribution in [2.45, 2.75) is 13.1 Å². The van der Waals surface area contributed by atoms with Crippen LogP contribution in [0, 0.1) is 45.3 Å². The molecule has 0 fully saturated rings. The highest BCUT2D eigenvalue weighted by Crippen LogP contribution is 2.40. The molecule has 0 N–H and O–H groups in total. The Balaban J connectivity index is 1.81. The number of hydrogen-bond acceptors (Lipinski definition) is 6. The van der Waals surface area contributed by atoms with Crippen LogP contribution in [0.3, 0.4) is 0 Å². The summed E-state index contributed by atoms with van der Waals surface area (Å²) in [7, 11) is -2.59. The van der Waals surface area contributed by atoms with E-state index in [2.05, 4.69) is 42.2 Å². The van der Waals surface area contributed by atoms with Crippen LogP contribution in [0.15, 0.2) is 72.8 Å². The monoisotopic (exact) mass is 503 g/mol. The van der Waals surface area contributed by atoms with Crippen molar-refractivity contribution in [2.24, 2.45) is 0 Å². The van der Waals surface area contributed by atoms with E-state index in [9.17, 15) is 21.0 Å². The summed E-state index contributed by atoms with van der Waals surface area (Å²) in [5.74, 6) is 1.39. The van der Waals surface area contributed by atoms with Gasteiger partial charge in [0.2, 0.25) is 0 Å². The van der Waals surface area contributed by atoms with Crippen LogP contribution in [0.2, 0.25) is 13.1 Å². The van der Waals surface area contributed by atoms with Crippen molar-refractivity contribution >= 4 is 47.6 Å². The molecule has 2 aliphatic rings. The molecule has 0 spiro atoms. The zero-order valence-electron chi connectivity index (χ0n) is 20.6. The van der Waals surface area contributed by atoms with Gasteiger partial charge >= 0.3 is 6.85 Å². The molecule has 0 radical (unpaired) electrons. The summed E-state index contributed by atoms with van der Waals surface area (Å²) < 4.78 is 6.27. The third-order valence-corrected chi connectivity index (χ3v) is 10.9. The van der Waals surface area contributed by atoms with Crippen LogP contribution in [0.1, 0.15) is 22.3 Å². The van der Waals surface area contributed by atoms with Crippen molar-refractivity contribution in [2.75, 3.05) is 4.81 Å². The topological polar surface area (TPSA) is 108 Å². The Morgan fingerprint density at radius 2 is 1.11 bits per heavy atom. The number of nitriles is 4. The Morgan fingerprint density at radius 1 is 0.658 bits per heavy atom. The second kappa shape index (κ2) is 8.39. The van der Waals surface area contributed by atoms with Gasteiger partial charge in [0, 0.05) is 11.4 Å². The fourth-order valence-electron chi connectivity index (χ4n) is 5.72. The predicted octanol–water partition coefficient (Wildman–Crippen LogP) is 3.36. The highest BCUT2D eigenvalue weighted by Gasteiger charge is 2.47. The van der Waals surface area contributed by atoms with Crippen molar-refractivity contribution in [3.63, 3.8) is 0 Å². The van der Waals surface area contributed by atoms with Crippen molar-refractivity contribution in [3.8, 4) is 35.8 Å². The van der Waals surface area contributed by atoms with Crippen LogP contribution in [0.4, 0.5) is 11.4 Å². The number of para-hydroxylation sites is 2. The standard InChI is InChI=1S/C30H18BN5OSi/c1-38(2)27-13-19(15-32)11-21(17-34)29(27)36(30-22(18-35)12-20(16-33)14-28(30)38)31-23-7-3-5-9-25(23)37-26-10-6-4-8-24(26)31/h3-14H,1-2H3. The highest BCUT2D eigenvalue weighted by molar-refractivity contribution is 7.04. The first kappa shape index (κ1) is 23.1. The molecular formula is C30H18BN5OSi. The zero-order valence-corrected chi connectivity index (χ0v) is 21.6. The molecule has 176 valence electrons. The third-order valence-electron chi connectivity index (χ3n) is 7.45. The lowest BCUT2D eigenvalue weighted by Crippen LogP contribution is -2.66. The minimum atomic E-state index is -2.59. The van der Waals surface area contributed by atoms with Gasteiger partial charge in [-0.05, 0) is 57.7 Å². The van der Waals surface area contributed by atoms with E-state index >= 15 is 0 Å². The van der Waals surface area contributed by atoms with Gasteiger partial charge in [0.1, 0.15) is 31.7 Å². The van der Waals surface area contributed by atoms with Gasteiger partial charge < -0.3 is 9.55 Å². The Kier molecular flexibility index (Phi) is 5.11. The average Bonchev–Trinajstić information content (AvgIpc) is 2.95. The summed E-state index contributed by atoms with van der Waals surface area (Å²) in [6.45, 7) is 3.86. The zero-order chi connectivity index (χ0) is 26.6. The Bertz CT molecular complexity index is 1720. The summed E-state index contributed by atoms with van der Waals surface area (Å²) >= 11 is 0. The molecule has 8 heteroatoms. The molecule has 6 nitrogen and oxygen atoms in total. The molecule has 2 heterocycles. The Labute approximate surface area is 221 Å². The molecule has 0 aromatic heterocycles. The molecule has 0 atom stereocenters. The van der Waals surface area contributed by atoms with E-state index in [0.29, 0.717) is 45.1 Å². The van der Waals surface area contributed by atoms with E-state index in [0.717, 1.165) is 21.3 Å². The maximum atomic E-state index is 10.3. The molecule has 38 heavy (non-hydrogen) atoms. The molecule has 0 saturated heterocycles. The maximum Gasteiger partial charge on any atom is 0.335 e. The van der Waals surface area contributed by atoms with E-state index < -0.39 is 14.9 Å². The van der Waals surface area contributed by atoms with Crippen LogP contribution in [-0.2, 0) is 0 Å². The van der Waals surface area contributed by atoms with Crippen LogP contribution in [0.5, 0.6) is 11.5 Å². The van der Waals surface area contributed by atoms with E-state index in [1.165, 1.54) is 0 Å². The summed E-state index contributed by atoms with van der Waals surface area (Å²) in [6.07, 6.45) is 0. The normalized spacial score (nSPS) is 13.7. The minimum Gasteiger partial charge on any atom is -0.458 e. The summed E-state index contributed by atoms with van der Waals surface area (Å²) in [6, 6.07) is 31.6. The lowest BCUT2D eigenvalue weighted by molar-refractivity contribution is 0.487. The van der Waals surface area contributed by atoms with E-state index in [4.69, 9.17) is 4.74 Å². The SMILES string of the molecule is C[Si]1(C)c2cc(C#N)cc(C#N)c2N(B2c3ccccc3Oc3ccccc32)c2c(C#N)cc(C#N)cc21. The molecule has 6 rings (SSSR count). The van der Waals surface area contributed by atoms with E-state index in [-0.39, 0.29) is 0 Å². The number of hydrogen-bond donors (Lipinski definition) is 0. The van der Waals surface area contributed by atoms with Crippen molar-refractivity contribution in [1.82, 2.24) is 0 Å². The molecule has 0 bridgehead atoms. The van der Waals surface area contributed by atoms with Gasteiger partial charge in [0.25, 0.3) is 0 Å². The molecular weight excluding hydrogens is 485 g/mol. The van der Waals surface area contributed by atoms with Crippen molar-refractivity contribution in [3.05, 3.63) is 95.1 Å². The van der Waals surface area contributed by atoms with E-state index in [1.807, 2.05) is 60.7 Å². The highest BCUT2D eigenvalue weighted by atomic mass is 28.3. The first-order valence-electron chi connectivity index (χ1n) is 12.0. The molecule has 4 aromatic rings. The summed E-state index contributed by atoms with van der Waals surface area (Å²) in [4.78, 5) is 2.07. The summed E-state index contributed by atoms with van der Waals surface area (Å²) in [5.41, 5.74) is 4.77.